The lowest BCUT2D eigenvalue weighted by Gasteiger charge is -2.28. The molecule has 0 amide bonds. The second-order valence-corrected chi connectivity index (χ2v) is 7.44. The molecule has 3 N–H and O–H groups in total. The fourth-order valence-electron chi connectivity index (χ4n) is 3.54. The first-order valence-corrected chi connectivity index (χ1v) is 9.78. The minimum atomic E-state index is -0.770. The summed E-state index contributed by atoms with van der Waals surface area (Å²) in [5.74, 6) is 0.833. The Labute approximate surface area is 173 Å². The molecular formula is C20H24N6O4. The molecule has 158 valence electrons. The Balaban J connectivity index is 1.68. The van der Waals surface area contributed by atoms with Gasteiger partial charge < -0.3 is 19.8 Å². The Morgan fingerprint density at radius 3 is 2.50 bits per heavy atom. The monoisotopic (exact) mass is 412 g/mol. The zero-order chi connectivity index (χ0) is 21.3. The Kier molecular flexibility index (Phi) is 5.40. The Hall–Kier alpha value is -3.40. The number of amidine groups is 1. The van der Waals surface area contributed by atoms with Crippen LogP contribution in [0.1, 0.15) is 30.9 Å². The van der Waals surface area contributed by atoms with Gasteiger partial charge in [-0.1, -0.05) is 13.8 Å². The number of carbonyl (C=O) groups is 1. The van der Waals surface area contributed by atoms with E-state index in [0.29, 0.717) is 61.2 Å². The molecule has 10 heteroatoms. The number of ether oxygens (including phenoxy) is 1. The zero-order valence-electron chi connectivity index (χ0n) is 16.8. The molecule has 3 heterocycles. The molecule has 4 rings (SSSR count). The fourth-order valence-corrected chi connectivity index (χ4v) is 3.54. The van der Waals surface area contributed by atoms with Crippen LogP contribution in [-0.2, 0) is 9.53 Å². The van der Waals surface area contributed by atoms with Crippen LogP contribution in [0.4, 0.5) is 11.6 Å². The van der Waals surface area contributed by atoms with Crippen molar-refractivity contribution in [3.63, 3.8) is 0 Å². The summed E-state index contributed by atoms with van der Waals surface area (Å²) in [5, 5.41) is 24.9. The number of benzene rings is 1. The molecule has 0 spiro atoms. The number of phenolic OH excluding ortho intramolecular Hbond substituents is 2. The van der Waals surface area contributed by atoms with Gasteiger partial charge in [0.05, 0.1) is 36.9 Å². The van der Waals surface area contributed by atoms with Crippen molar-refractivity contribution in [2.24, 2.45) is 5.10 Å². The molecule has 1 aromatic carbocycles. The highest BCUT2D eigenvalue weighted by atomic mass is 16.5. The molecule has 1 saturated heterocycles. The van der Waals surface area contributed by atoms with Crippen molar-refractivity contribution in [3.05, 3.63) is 35.7 Å². The molecule has 1 atom stereocenters. The van der Waals surface area contributed by atoms with Crippen molar-refractivity contribution < 1.29 is 19.7 Å². The number of hydrogen-bond acceptors (Lipinski definition) is 10. The number of aromatic hydroxyl groups is 2. The van der Waals surface area contributed by atoms with E-state index >= 15 is 0 Å². The second-order valence-electron chi connectivity index (χ2n) is 7.44. The summed E-state index contributed by atoms with van der Waals surface area (Å²) in [6.45, 7) is 6.57. The van der Waals surface area contributed by atoms with Crippen LogP contribution in [0, 0.1) is 0 Å². The van der Waals surface area contributed by atoms with Gasteiger partial charge in [-0.15, -0.1) is 0 Å². The second kappa shape index (κ2) is 8.15. The summed E-state index contributed by atoms with van der Waals surface area (Å²) in [7, 11) is 0. The van der Waals surface area contributed by atoms with Gasteiger partial charge in [0, 0.05) is 19.2 Å². The molecule has 1 fully saturated rings. The molecule has 0 aliphatic carbocycles. The number of morpholine rings is 1. The minimum absolute atomic E-state index is 0.00879. The van der Waals surface area contributed by atoms with Gasteiger partial charge in [-0.25, -0.2) is 9.97 Å². The number of hydrogen-bond donors (Lipinski definition) is 3. The van der Waals surface area contributed by atoms with Crippen LogP contribution in [0.25, 0.3) is 0 Å². The van der Waals surface area contributed by atoms with Gasteiger partial charge in [0.25, 0.3) is 0 Å². The maximum atomic E-state index is 11.7. The molecule has 30 heavy (non-hydrogen) atoms. The molecule has 10 nitrogen and oxygen atoms in total. The summed E-state index contributed by atoms with van der Waals surface area (Å²) < 4.78 is 5.35. The Morgan fingerprint density at radius 2 is 1.87 bits per heavy atom. The summed E-state index contributed by atoms with van der Waals surface area (Å²) in [4.78, 5) is 24.2. The topological polar surface area (TPSA) is 123 Å². The Morgan fingerprint density at radius 1 is 1.17 bits per heavy atom. The average Bonchev–Trinajstić information content (AvgIpc) is 3.18. The van der Waals surface area contributed by atoms with Crippen LogP contribution in [0.5, 0.6) is 11.5 Å². The van der Waals surface area contributed by atoms with E-state index in [0.717, 1.165) is 0 Å². The van der Waals surface area contributed by atoms with E-state index < -0.39 is 6.17 Å². The highest BCUT2D eigenvalue weighted by Gasteiger charge is 2.32. The minimum Gasteiger partial charge on any atom is -0.508 e. The van der Waals surface area contributed by atoms with Gasteiger partial charge in [0.2, 0.25) is 5.95 Å². The maximum absolute atomic E-state index is 11.7. The molecule has 2 aromatic rings. The third kappa shape index (κ3) is 3.61. The number of hydrazone groups is 1. The number of anilines is 2. The quantitative estimate of drug-likeness (QED) is 0.620. The number of nitrogens with zero attached hydrogens (tertiary/aromatic N) is 5. The molecule has 0 saturated carbocycles. The van der Waals surface area contributed by atoms with E-state index in [1.165, 1.54) is 6.07 Å². The van der Waals surface area contributed by atoms with Gasteiger partial charge in [-0.3, -0.25) is 15.1 Å². The fraction of sp³-hybridized carbons (Fsp3) is 0.400. The predicted molar refractivity (Wildman–Crippen MR) is 111 cm³/mol. The third-order valence-electron chi connectivity index (χ3n) is 5.14. The van der Waals surface area contributed by atoms with E-state index in [4.69, 9.17) is 4.74 Å². The first kappa shape index (κ1) is 19.9. The first-order chi connectivity index (χ1) is 14.5. The number of carbonyl (C=O) groups excluding carboxylic acids is 1. The lowest BCUT2D eigenvalue weighted by atomic mass is 9.98. The van der Waals surface area contributed by atoms with Gasteiger partial charge in [0.15, 0.2) is 18.3 Å². The van der Waals surface area contributed by atoms with Crippen molar-refractivity contribution in [3.8, 4) is 11.5 Å². The van der Waals surface area contributed by atoms with Gasteiger partial charge >= 0.3 is 0 Å². The first-order valence-electron chi connectivity index (χ1n) is 9.78. The predicted octanol–water partition coefficient (Wildman–Crippen LogP) is 1.14. The molecule has 0 radical (unpaired) electrons. The van der Waals surface area contributed by atoms with E-state index in [1.54, 1.807) is 23.4 Å². The number of aldehydes is 1. The standard InChI is InChI=1S/C20H24N6O4/c1-12(2)14-7-15(17(29)8-16(14)28)19-24-23-18(11-27)26(19)13-9-21-20(22-10-13)25-3-5-30-6-4-25/h7-12,18,23,28-29H,3-6H2,1-2H3. The molecule has 0 bridgehead atoms. The van der Waals surface area contributed by atoms with Crippen molar-refractivity contribution in [2.75, 3.05) is 36.1 Å². The molecule has 2 aliphatic rings. The normalized spacial score (nSPS) is 19.0. The molecule has 1 aromatic heterocycles. The third-order valence-corrected chi connectivity index (χ3v) is 5.14. The summed E-state index contributed by atoms with van der Waals surface area (Å²) >= 11 is 0. The van der Waals surface area contributed by atoms with Gasteiger partial charge in [0.1, 0.15) is 11.5 Å². The van der Waals surface area contributed by atoms with Crippen molar-refractivity contribution in [1.82, 2.24) is 15.4 Å². The van der Waals surface area contributed by atoms with Crippen molar-refractivity contribution >= 4 is 23.8 Å². The van der Waals surface area contributed by atoms with E-state index in [9.17, 15) is 15.0 Å². The molecule has 1 unspecified atom stereocenters. The zero-order valence-corrected chi connectivity index (χ0v) is 16.8. The average molecular weight is 412 g/mol. The molecular weight excluding hydrogens is 388 g/mol. The van der Waals surface area contributed by atoms with Crippen molar-refractivity contribution in [1.29, 1.82) is 0 Å². The maximum Gasteiger partial charge on any atom is 0.225 e. The lowest BCUT2D eigenvalue weighted by Crippen LogP contribution is -2.42. The Bertz CT molecular complexity index is 957. The highest BCUT2D eigenvalue weighted by Crippen LogP contribution is 2.34. The number of aromatic nitrogens is 2. The smallest absolute Gasteiger partial charge is 0.225 e. The van der Waals surface area contributed by atoms with E-state index in [1.807, 2.05) is 18.7 Å². The largest absolute Gasteiger partial charge is 0.508 e. The lowest BCUT2D eigenvalue weighted by molar-refractivity contribution is -0.109. The van der Waals surface area contributed by atoms with Gasteiger partial charge in [-0.05, 0) is 17.5 Å². The SMILES string of the molecule is CC(C)c1cc(C2=NNC(C=O)N2c2cnc(N3CCOCC3)nc2)c(O)cc1O. The summed E-state index contributed by atoms with van der Waals surface area (Å²) in [6.07, 6.45) is 3.19. The van der Waals surface area contributed by atoms with E-state index in [2.05, 4.69) is 20.5 Å². The van der Waals surface area contributed by atoms with Crippen LogP contribution in [0.15, 0.2) is 29.6 Å². The number of nitrogens with one attached hydrogen (secondary N) is 1. The van der Waals surface area contributed by atoms with Crippen LogP contribution < -0.4 is 15.2 Å². The van der Waals surface area contributed by atoms with Crippen LogP contribution in [-0.4, -0.2) is 64.8 Å². The molecule has 2 aliphatic heterocycles. The highest BCUT2D eigenvalue weighted by molar-refractivity contribution is 6.14. The van der Waals surface area contributed by atoms with Crippen LogP contribution in [0.3, 0.4) is 0 Å². The van der Waals surface area contributed by atoms with Gasteiger partial charge in [-0.2, -0.15) is 5.10 Å². The van der Waals surface area contributed by atoms with Crippen LogP contribution in [0.2, 0.25) is 0 Å². The van der Waals surface area contributed by atoms with Crippen LogP contribution >= 0.6 is 0 Å². The summed E-state index contributed by atoms with van der Waals surface area (Å²) in [5.41, 5.74) is 4.37. The van der Waals surface area contributed by atoms with Crippen molar-refractivity contribution in [2.45, 2.75) is 25.9 Å². The summed E-state index contributed by atoms with van der Waals surface area (Å²) in [6, 6.07) is 2.97. The van der Waals surface area contributed by atoms with E-state index in [-0.39, 0.29) is 17.4 Å². The number of phenols is 2. The number of rotatable bonds is 5.